The third kappa shape index (κ3) is 3.00. The van der Waals surface area contributed by atoms with Gasteiger partial charge in [-0.15, -0.1) is 0 Å². The lowest BCUT2D eigenvalue weighted by Gasteiger charge is -2.21. The smallest absolute Gasteiger partial charge is 0.171 e. The molecule has 2 rings (SSSR count). The van der Waals surface area contributed by atoms with Crippen molar-refractivity contribution >= 4 is 33.1 Å². The number of anilines is 2. The first-order valence-electron chi connectivity index (χ1n) is 6.22. The maximum absolute atomic E-state index is 14.5. The van der Waals surface area contributed by atoms with E-state index < -0.39 is 5.82 Å². The van der Waals surface area contributed by atoms with Crippen LogP contribution in [0.1, 0.15) is 11.1 Å². The number of halogens is 2. The lowest BCUT2D eigenvalue weighted by Crippen LogP contribution is -2.17. The maximum atomic E-state index is 14.5. The molecule has 4 nitrogen and oxygen atoms in total. The van der Waals surface area contributed by atoms with Crippen molar-refractivity contribution in [2.75, 3.05) is 11.9 Å². The summed E-state index contributed by atoms with van der Waals surface area (Å²) < 4.78 is 14.7. The molecule has 6 heteroatoms. The molecule has 21 heavy (non-hydrogen) atoms. The Bertz CT molecular complexity index is 703. The highest BCUT2D eigenvalue weighted by Gasteiger charge is 2.17. The molecular weight excluding hydrogens is 337 g/mol. The van der Waals surface area contributed by atoms with E-state index in [1.807, 2.05) is 31.2 Å². The van der Waals surface area contributed by atoms with Crippen molar-refractivity contribution in [2.45, 2.75) is 6.92 Å². The first-order valence-corrected chi connectivity index (χ1v) is 7.01. The summed E-state index contributed by atoms with van der Waals surface area (Å²) in [6, 6.07) is 11.0. The van der Waals surface area contributed by atoms with Gasteiger partial charge in [-0.2, -0.15) is 0 Å². The average molecular weight is 352 g/mol. The van der Waals surface area contributed by atoms with E-state index in [2.05, 4.69) is 21.1 Å². The molecule has 0 fully saturated rings. The molecule has 3 N–H and O–H groups in total. The van der Waals surface area contributed by atoms with E-state index in [1.54, 1.807) is 24.1 Å². The second-order valence-corrected chi connectivity index (χ2v) is 5.44. The van der Waals surface area contributed by atoms with Crippen LogP contribution in [0.25, 0.3) is 0 Å². The van der Waals surface area contributed by atoms with E-state index in [-0.39, 0.29) is 10.3 Å². The molecule has 0 amide bonds. The number of rotatable bonds is 3. The molecular formula is C15H15BrFN3O. The van der Waals surface area contributed by atoms with Crippen LogP contribution in [0.4, 0.5) is 15.8 Å². The zero-order chi connectivity index (χ0) is 15.6. The molecule has 0 aromatic heterocycles. The third-order valence-corrected chi connectivity index (χ3v) is 3.97. The summed E-state index contributed by atoms with van der Waals surface area (Å²) in [5.74, 6) is -0.617. The Morgan fingerprint density at radius 1 is 1.33 bits per heavy atom. The van der Waals surface area contributed by atoms with Crippen LogP contribution in [-0.4, -0.2) is 18.1 Å². The highest BCUT2D eigenvalue weighted by Crippen LogP contribution is 2.32. The van der Waals surface area contributed by atoms with Crippen molar-refractivity contribution < 1.29 is 9.60 Å². The minimum atomic E-state index is -0.469. The highest BCUT2D eigenvalue weighted by molar-refractivity contribution is 9.10. The summed E-state index contributed by atoms with van der Waals surface area (Å²) >= 11 is 3.15. The second kappa shape index (κ2) is 6.13. The molecule has 0 aliphatic carbocycles. The number of nitrogens with zero attached hydrogens (tertiary/aromatic N) is 2. The van der Waals surface area contributed by atoms with Crippen molar-refractivity contribution in [3.05, 3.63) is 57.8 Å². The van der Waals surface area contributed by atoms with Crippen molar-refractivity contribution in [3.63, 3.8) is 0 Å². The molecule has 0 atom stereocenters. The predicted molar refractivity (Wildman–Crippen MR) is 85.9 cm³/mol. The summed E-state index contributed by atoms with van der Waals surface area (Å²) in [5, 5.41) is 11.6. The lowest BCUT2D eigenvalue weighted by atomic mass is 10.1. The fraction of sp³-hybridized carbons (Fsp3) is 0.133. The first kappa shape index (κ1) is 15.3. The molecule has 0 unspecified atom stereocenters. The van der Waals surface area contributed by atoms with E-state index in [0.29, 0.717) is 11.3 Å². The zero-order valence-corrected chi connectivity index (χ0v) is 13.2. The molecule has 110 valence electrons. The number of aryl methyl sites for hydroxylation is 1. The van der Waals surface area contributed by atoms with Gasteiger partial charge in [0.15, 0.2) is 11.7 Å². The highest BCUT2D eigenvalue weighted by atomic mass is 79.9. The minimum absolute atomic E-state index is 0.148. The van der Waals surface area contributed by atoms with E-state index in [1.165, 1.54) is 0 Å². The van der Waals surface area contributed by atoms with Crippen LogP contribution in [-0.2, 0) is 0 Å². The van der Waals surface area contributed by atoms with Gasteiger partial charge < -0.3 is 15.8 Å². The second-order valence-electron chi connectivity index (χ2n) is 4.64. The van der Waals surface area contributed by atoms with Gasteiger partial charge in [-0.1, -0.05) is 17.3 Å². The molecule has 0 aliphatic heterocycles. The van der Waals surface area contributed by atoms with Crippen LogP contribution >= 0.6 is 15.9 Å². The molecule has 0 bridgehead atoms. The van der Waals surface area contributed by atoms with Crippen LogP contribution in [0.5, 0.6) is 0 Å². The van der Waals surface area contributed by atoms with Crippen molar-refractivity contribution in [1.29, 1.82) is 0 Å². The number of hydrogen-bond acceptors (Lipinski definition) is 3. The van der Waals surface area contributed by atoms with E-state index >= 15 is 0 Å². The Kier molecular flexibility index (Phi) is 4.47. The van der Waals surface area contributed by atoms with Crippen molar-refractivity contribution in [1.82, 2.24) is 0 Å². The van der Waals surface area contributed by atoms with Gasteiger partial charge in [0, 0.05) is 18.3 Å². The number of oxime groups is 1. The normalized spacial score (nSPS) is 11.5. The minimum Gasteiger partial charge on any atom is -0.409 e. The molecule has 2 aromatic rings. The first-order chi connectivity index (χ1) is 9.95. The van der Waals surface area contributed by atoms with Gasteiger partial charge in [0.1, 0.15) is 0 Å². The van der Waals surface area contributed by atoms with Gasteiger partial charge in [-0.05, 0) is 52.7 Å². The van der Waals surface area contributed by atoms with Crippen LogP contribution < -0.4 is 10.6 Å². The van der Waals surface area contributed by atoms with Crippen molar-refractivity contribution in [2.24, 2.45) is 10.9 Å². The number of hydrogen-bond donors (Lipinski definition) is 2. The topological polar surface area (TPSA) is 61.8 Å². The average Bonchev–Trinajstić information content (AvgIpc) is 2.48. The SMILES string of the molecule is Cc1cccc(N(C)c2ccc(/C(N)=N/O)c(Br)c2F)c1. The molecule has 0 aliphatic rings. The Hall–Kier alpha value is -2.08. The van der Waals surface area contributed by atoms with E-state index in [0.717, 1.165) is 11.3 Å². The monoisotopic (exact) mass is 351 g/mol. The Labute approximate surface area is 130 Å². The molecule has 2 aromatic carbocycles. The summed E-state index contributed by atoms with van der Waals surface area (Å²) in [6.45, 7) is 1.98. The Balaban J connectivity index is 2.48. The Morgan fingerprint density at radius 2 is 2.05 bits per heavy atom. The third-order valence-electron chi connectivity index (χ3n) is 3.20. The predicted octanol–water partition coefficient (Wildman–Crippen LogP) is 3.76. The molecule has 0 heterocycles. The van der Waals surface area contributed by atoms with Gasteiger partial charge in [-0.3, -0.25) is 0 Å². The van der Waals surface area contributed by atoms with Gasteiger partial charge >= 0.3 is 0 Å². The van der Waals surface area contributed by atoms with Crippen LogP contribution in [0.2, 0.25) is 0 Å². The van der Waals surface area contributed by atoms with Crippen LogP contribution in [0.15, 0.2) is 46.0 Å². The van der Waals surface area contributed by atoms with Crippen LogP contribution in [0, 0.1) is 12.7 Å². The zero-order valence-electron chi connectivity index (χ0n) is 11.6. The number of benzene rings is 2. The Morgan fingerprint density at radius 3 is 2.67 bits per heavy atom. The fourth-order valence-electron chi connectivity index (χ4n) is 2.03. The van der Waals surface area contributed by atoms with Crippen molar-refractivity contribution in [3.8, 4) is 0 Å². The summed E-state index contributed by atoms with van der Waals surface area (Å²) in [6.07, 6.45) is 0. The van der Waals surface area contributed by atoms with Gasteiger partial charge in [0.05, 0.1) is 10.2 Å². The number of amidine groups is 1. The molecule has 0 saturated heterocycles. The molecule has 0 saturated carbocycles. The molecule has 0 radical (unpaired) electrons. The van der Waals surface area contributed by atoms with Gasteiger partial charge in [-0.25, -0.2) is 4.39 Å². The molecule has 0 spiro atoms. The lowest BCUT2D eigenvalue weighted by molar-refractivity contribution is 0.318. The van der Waals surface area contributed by atoms with Gasteiger partial charge in [0.2, 0.25) is 0 Å². The van der Waals surface area contributed by atoms with Crippen LogP contribution in [0.3, 0.4) is 0 Å². The largest absolute Gasteiger partial charge is 0.409 e. The van der Waals surface area contributed by atoms with E-state index in [9.17, 15) is 4.39 Å². The fourth-order valence-corrected chi connectivity index (χ4v) is 2.56. The maximum Gasteiger partial charge on any atom is 0.171 e. The van der Waals surface area contributed by atoms with Gasteiger partial charge in [0.25, 0.3) is 0 Å². The summed E-state index contributed by atoms with van der Waals surface area (Å²) in [5.41, 5.74) is 8.17. The summed E-state index contributed by atoms with van der Waals surface area (Å²) in [4.78, 5) is 1.74. The number of nitrogens with two attached hydrogens (primary N) is 1. The summed E-state index contributed by atoms with van der Waals surface area (Å²) in [7, 11) is 1.78. The standard InChI is InChI=1S/C15H15BrFN3O/c1-9-4-3-5-10(8-9)20(2)12-7-6-11(15(18)19-21)13(16)14(12)17/h3-8,21H,1-2H3,(H2,18,19). The quantitative estimate of drug-likeness (QED) is 0.383. The van der Waals surface area contributed by atoms with E-state index in [4.69, 9.17) is 10.9 Å².